The summed E-state index contributed by atoms with van der Waals surface area (Å²) in [6.07, 6.45) is 2.34. The predicted molar refractivity (Wildman–Crippen MR) is 72.6 cm³/mol. The zero-order valence-corrected chi connectivity index (χ0v) is 10.4. The van der Waals surface area contributed by atoms with E-state index in [1.807, 2.05) is 37.3 Å². The molecule has 0 atom stereocenters. The van der Waals surface area contributed by atoms with Gasteiger partial charge in [-0.05, 0) is 17.9 Å². The summed E-state index contributed by atoms with van der Waals surface area (Å²) in [6, 6.07) is 9.83. The van der Waals surface area contributed by atoms with Crippen LogP contribution in [-0.2, 0) is 0 Å². The Hall–Kier alpha value is -1.65. The van der Waals surface area contributed by atoms with Gasteiger partial charge < -0.3 is 15.5 Å². The maximum Gasteiger partial charge on any atom is 0.134 e. The Bertz CT molecular complexity index is 510. The van der Waals surface area contributed by atoms with Crippen LogP contribution in [0.5, 0.6) is 0 Å². The van der Waals surface area contributed by atoms with Gasteiger partial charge >= 0.3 is 0 Å². The van der Waals surface area contributed by atoms with E-state index in [1.165, 1.54) is 0 Å². The van der Waals surface area contributed by atoms with E-state index in [9.17, 15) is 10.2 Å². The molecule has 1 heterocycles. The van der Waals surface area contributed by atoms with Crippen LogP contribution in [0.4, 0.5) is 5.82 Å². The Balaban J connectivity index is 2.42. The third-order valence-corrected chi connectivity index (χ3v) is 3.34. The molecule has 0 bridgehead atoms. The molecule has 4 nitrogen and oxygen atoms in total. The molecule has 0 aliphatic carbocycles. The SMILES string of the molecule is CCC(CO)(CO)Nc1nccc2ccccc12. The quantitative estimate of drug-likeness (QED) is 0.752. The zero-order valence-electron chi connectivity index (χ0n) is 10.4. The summed E-state index contributed by atoms with van der Waals surface area (Å²) in [4.78, 5) is 4.30. The molecular weight excluding hydrogens is 228 g/mol. The van der Waals surface area contributed by atoms with Gasteiger partial charge in [0.25, 0.3) is 0 Å². The first-order chi connectivity index (χ1) is 8.74. The summed E-state index contributed by atoms with van der Waals surface area (Å²) in [5.41, 5.74) is -0.725. The average Bonchev–Trinajstić information content (AvgIpc) is 2.45. The standard InChI is InChI=1S/C14H18N2O2/c1-2-14(9-17,10-18)16-13-12-6-4-3-5-11(12)7-8-15-13/h3-8,17-18H,2,9-10H2,1H3,(H,15,16). The molecule has 0 aliphatic heterocycles. The van der Waals surface area contributed by atoms with Crippen molar-refractivity contribution >= 4 is 16.6 Å². The lowest BCUT2D eigenvalue weighted by molar-refractivity contribution is 0.132. The minimum absolute atomic E-state index is 0.134. The molecule has 0 radical (unpaired) electrons. The molecule has 0 saturated heterocycles. The van der Waals surface area contributed by atoms with E-state index in [4.69, 9.17) is 0 Å². The van der Waals surface area contributed by atoms with Crippen molar-refractivity contribution in [2.45, 2.75) is 18.9 Å². The van der Waals surface area contributed by atoms with Crippen molar-refractivity contribution in [3.05, 3.63) is 36.5 Å². The van der Waals surface area contributed by atoms with Gasteiger partial charge in [0.2, 0.25) is 0 Å². The van der Waals surface area contributed by atoms with E-state index in [-0.39, 0.29) is 13.2 Å². The Kier molecular flexibility index (Phi) is 3.79. The van der Waals surface area contributed by atoms with Crippen molar-refractivity contribution < 1.29 is 10.2 Å². The molecule has 3 N–H and O–H groups in total. The van der Waals surface area contributed by atoms with Gasteiger partial charge in [-0.25, -0.2) is 4.98 Å². The lowest BCUT2D eigenvalue weighted by Crippen LogP contribution is -2.45. The number of nitrogens with one attached hydrogen (secondary N) is 1. The van der Waals surface area contributed by atoms with Crippen LogP contribution in [0, 0.1) is 0 Å². The van der Waals surface area contributed by atoms with Crippen LogP contribution in [0.25, 0.3) is 10.8 Å². The molecule has 0 aliphatic rings. The largest absolute Gasteiger partial charge is 0.394 e. The molecule has 0 spiro atoms. The van der Waals surface area contributed by atoms with Gasteiger partial charge in [-0.1, -0.05) is 31.2 Å². The van der Waals surface area contributed by atoms with E-state index in [1.54, 1.807) is 6.20 Å². The summed E-state index contributed by atoms with van der Waals surface area (Å²) >= 11 is 0. The Labute approximate surface area is 106 Å². The maximum absolute atomic E-state index is 9.46. The fourth-order valence-corrected chi connectivity index (χ4v) is 1.91. The highest BCUT2D eigenvalue weighted by molar-refractivity contribution is 5.91. The average molecular weight is 246 g/mol. The van der Waals surface area contributed by atoms with Crippen LogP contribution in [0.15, 0.2) is 36.5 Å². The second kappa shape index (κ2) is 5.33. The number of aliphatic hydroxyl groups excluding tert-OH is 2. The smallest absolute Gasteiger partial charge is 0.134 e. The number of anilines is 1. The van der Waals surface area contributed by atoms with Crippen molar-refractivity contribution in [3.8, 4) is 0 Å². The maximum atomic E-state index is 9.46. The monoisotopic (exact) mass is 246 g/mol. The van der Waals surface area contributed by atoms with Gasteiger partial charge in [0.1, 0.15) is 5.82 Å². The van der Waals surface area contributed by atoms with Crippen molar-refractivity contribution in [1.82, 2.24) is 4.98 Å². The van der Waals surface area contributed by atoms with Crippen molar-refractivity contribution in [2.24, 2.45) is 0 Å². The first-order valence-electron chi connectivity index (χ1n) is 6.08. The second-order valence-electron chi connectivity index (χ2n) is 4.46. The highest BCUT2D eigenvalue weighted by atomic mass is 16.3. The number of fused-ring (bicyclic) bond motifs is 1. The van der Waals surface area contributed by atoms with Gasteiger partial charge in [-0.3, -0.25) is 0 Å². The summed E-state index contributed by atoms with van der Waals surface area (Å²) in [5, 5.41) is 24.2. The Morgan fingerprint density at radius 3 is 2.56 bits per heavy atom. The third-order valence-electron chi connectivity index (χ3n) is 3.34. The number of rotatable bonds is 5. The Morgan fingerprint density at radius 1 is 1.17 bits per heavy atom. The number of hydrogen-bond acceptors (Lipinski definition) is 4. The number of benzene rings is 1. The van der Waals surface area contributed by atoms with E-state index in [2.05, 4.69) is 10.3 Å². The number of pyridine rings is 1. The minimum atomic E-state index is -0.725. The highest BCUT2D eigenvalue weighted by Crippen LogP contribution is 2.24. The van der Waals surface area contributed by atoms with Crippen LogP contribution in [0.3, 0.4) is 0 Å². The second-order valence-corrected chi connectivity index (χ2v) is 4.46. The van der Waals surface area contributed by atoms with Crippen LogP contribution < -0.4 is 5.32 Å². The van der Waals surface area contributed by atoms with Crippen molar-refractivity contribution in [3.63, 3.8) is 0 Å². The topological polar surface area (TPSA) is 65.4 Å². The van der Waals surface area contributed by atoms with E-state index in [0.717, 1.165) is 10.8 Å². The summed E-state index contributed by atoms with van der Waals surface area (Å²) in [6.45, 7) is 1.65. The Morgan fingerprint density at radius 2 is 1.89 bits per heavy atom. The van der Waals surface area contributed by atoms with Gasteiger partial charge in [0.15, 0.2) is 0 Å². The molecule has 1 aromatic carbocycles. The molecule has 0 amide bonds. The fourth-order valence-electron chi connectivity index (χ4n) is 1.91. The molecule has 2 aromatic rings. The molecule has 4 heteroatoms. The lowest BCUT2D eigenvalue weighted by atomic mass is 9.98. The molecule has 0 saturated carbocycles. The molecular formula is C14H18N2O2. The van der Waals surface area contributed by atoms with Crippen LogP contribution in [0.1, 0.15) is 13.3 Å². The molecule has 96 valence electrons. The van der Waals surface area contributed by atoms with Gasteiger partial charge in [-0.15, -0.1) is 0 Å². The fraction of sp³-hybridized carbons (Fsp3) is 0.357. The van der Waals surface area contributed by atoms with Crippen LogP contribution in [0.2, 0.25) is 0 Å². The zero-order chi connectivity index (χ0) is 13.0. The first kappa shape index (κ1) is 12.8. The van der Waals surface area contributed by atoms with Crippen LogP contribution in [-0.4, -0.2) is 33.9 Å². The molecule has 1 aromatic heterocycles. The number of hydrogen-bond donors (Lipinski definition) is 3. The van der Waals surface area contributed by atoms with E-state index >= 15 is 0 Å². The van der Waals surface area contributed by atoms with Gasteiger partial charge in [-0.2, -0.15) is 0 Å². The minimum Gasteiger partial charge on any atom is -0.394 e. The molecule has 0 unspecified atom stereocenters. The predicted octanol–water partition coefficient (Wildman–Crippen LogP) is 1.78. The number of aromatic nitrogens is 1. The summed E-state index contributed by atoms with van der Waals surface area (Å²) < 4.78 is 0. The van der Waals surface area contributed by atoms with Crippen molar-refractivity contribution in [2.75, 3.05) is 18.5 Å². The molecule has 0 fully saturated rings. The van der Waals surface area contributed by atoms with Gasteiger partial charge in [0.05, 0.1) is 18.8 Å². The van der Waals surface area contributed by atoms with Crippen molar-refractivity contribution in [1.29, 1.82) is 0 Å². The molecule has 2 rings (SSSR count). The highest BCUT2D eigenvalue weighted by Gasteiger charge is 2.27. The normalized spacial score (nSPS) is 11.7. The number of aliphatic hydroxyl groups is 2. The first-order valence-corrected chi connectivity index (χ1v) is 6.08. The third kappa shape index (κ3) is 2.30. The summed E-state index contributed by atoms with van der Waals surface area (Å²) in [5.74, 6) is 0.693. The molecule has 18 heavy (non-hydrogen) atoms. The van der Waals surface area contributed by atoms with Gasteiger partial charge in [0, 0.05) is 11.6 Å². The van der Waals surface area contributed by atoms with E-state index in [0.29, 0.717) is 12.2 Å². The summed E-state index contributed by atoms with van der Waals surface area (Å²) in [7, 11) is 0. The van der Waals surface area contributed by atoms with Crippen LogP contribution >= 0.6 is 0 Å². The number of nitrogens with zero attached hydrogens (tertiary/aromatic N) is 1. The lowest BCUT2D eigenvalue weighted by Gasteiger charge is -2.30. The van der Waals surface area contributed by atoms with E-state index < -0.39 is 5.54 Å².